The van der Waals surface area contributed by atoms with Crippen molar-refractivity contribution in [3.63, 3.8) is 0 Å². The molecule has 0 saturated carbocycles. The van der Waals surface area contributed by atoms with E-state index in [0.717, 1.165) is 19.3 Å². The number of hydrogen-bond donors (Lipinski definition) is 1. The molecule has 20 heavy (non-hydrogen) atoms. The molecule has 2 aromatic rings. The summed E-state index contributed by atoms with van der Waals surface area (Å²) in [5, 5.41) is 11.8. The smallest absolute Gasteiger partial charge is 0.184 e. The van der Waals surface area contributed by atoms with Crippen molar-refractivity contribution in [1.82, 2.24) is 20.2 Å². The summed E-state index contributed by atoms with van der Waals surface area (Å²) in [5.41, 5.74) is 6.91. The third kappa shape index (κ3) is 1.70. The Balaban J connectivity index is 1.77. The third-order valence-electron chi connectivity index (χ3n) is 4.14. The number of halogens is 1. The Morgan fingerprint density at radius 2 is 2.25 bits per heavy atom. The fourth-order valence-electron chi connectivity index (χ4n) is 3.18. The van der Waals surface area contributed by atoms with Gasteiger partial charge in [-0.05, 0) is 47.9 Å². The van der Waals surface area contributed by atoms with Crippen LogP contribution >= 0.6 is 0 Å². The highest BCUT2D eigenvalue weighted by molar-refractivity contribution is 5.71. The molecule has 0 aliphatic carbocycles. The van der Waals surface area contributed by atoms with Crippen molar-refractivity contribution in [2.45, 2.75) is 37.5 Å². The van der Waals surface area contributed by atoms with E-state index in [9.17, 15) is 4.39 Å². The molecule has 104 valence electrons. The van der Waals surface area contributed by atoms with Crippen LogP contribution in [0.1, 0.15) is 25.3 Å². The molecule has 2 aliphatic rings. The van der Waals surface area contributed by atoms with E-state index in [1.165, 1.54) is 18.2 Å². The van der Waals surface area contributed by atoms with Crippen LogP contribution in [0, 0.1) is 5.82 Å². The number of rotatable bonds is 2. The average molecular weight is 275 g/mol. The summed E-state index contributed by atoms with van der Waals surface area (Å²) < 4.78 is 21.0. The van der Waals surface area contributed by atoms with Gasteiger partial charge in [-0.15, -0.1) is 5.10 Å². The van der Waals surface area contributed by atoms with Crippen LogP contribution in [0.4, 0.5) is 10.1 Å². The minimum Gasteiger partial charge on any atom is -0.398 e. The first kappa shape index (κ1) is 11.8. The second kappa shape index (κ2) is 4.24. The van der Waals surface area contributed by atoms with Crippen LogP contribution in [-0.2, 0) is 4.74 Å². The maximum atomic E-state index is 13.4. The number of nitrogens with two attached hydrogens (primary N) is 1. The Morgan fingerprint density at radius 1 is 1.35 bits per heavy atom. The highest BCUT2D eigenvalue weighted by atomic mass is 19.1. The van der Waals surface area contributed by atoms with E-state index in [-0.39, 0.29) is 18.0 Å². The second-order valence-corrected chi connectivity index (χ2v) is 5.36. The number of ether oxygens (including phenoxy) is 1. The maximum Gasteiger partial charge on any atom is 0.184 e. The van der Waals surface area contributed by atoms with Crippen molar-refractivity contribution in [2.24, 2.45) is 0 Å². The molecule has 0 spiro atoms. The molecule has 2 N–H and O–H groups in total. The molecule has 3 atom stereocenters. The first-order valence-electron chi connectivity index (χ1n) is 6.71. The Bertz CT molecular complexity index is 658. The van der Waals surface area contributed by atoms with Crippen molar-refractivity contribution in [3.8, 4) is 11.4 Å². The number of aromatic nitrogens is 4. The van der Waals surface area contributed by atoms with Gasteiger partial charge in [0.25, 0.3) is 0 Å². The summed E-state index contributed by atoms with van der Waals surface area (Å²) >= 11 is 0. The van der Waals surface area contributed by atoms with Crippen LogP contribution in [0.5, 0.6) is 0 Å². The van der Waals surface area contributed by atoms with Crippen LogP contribution in [-0.4, -0.2) is 32.4 Å². The lowest BCUT2D eigenvalue weighted by Crippen LogP contribution is -2.23. The molecule has 2 bridgehead atoms. The lowest BCUT2D eigenvalue weighted by molar-refractivity contribution is 0.0922. The highest BCUT2D eigenvalue weighted by Gasteiger charge is 2.43. The predicted molar refractivity (Wildman–Crippen MR) is 69.2 cm³/mol. The van der Waals surface area contributed by atoms with Crippen LogP contribution in [0.25, 0.3) is 11.4 Å². The summed E-state index contributed by atoms with van der Waals surface area (Å²) in [5.74, 6) is 0.149. The van der Waals surface area contributed by atoms with Crippen molar-refractivity contribution in [1.29, 1.82) is 0 Å². The molecule has 3 heterocycles. The zero-order valence-electron chi connectivity index (χ0n) is 10.7. The van der Waals surface area contributed by atoms with Gasteiger partial charge in [0, 0.05) is 11.3 Å². The van der Waals surface area contributed by atoms with Gasteiger partial charge in [-0.3, -0.25) is 0 Å². The zero-order valence-corrected chi connectivity index (χ0v) is 10.7. The van der Waals surface area contributed by atoms with E-state index in [4.69, 9.17) is 10.5 Å². The third-order valence-corrected chi connectivity index (χ3v) is 4.14. The van der Waals surface area contributed by atoms with E-state index in [2.05, 4.69) is 15.5 Å². The van der Waals surface area contributed by atoms with E-state index < -0.39 is 0 Å². The maximum absolute atomic E-state index is 13.4. The fraction of sp³-hybridized carbons (Fsp3) is 0.462. The lowest BCUT2D eigenvalue weighted by atomic mass is 9.95. The first-order valence-corrected chi connectivity index (χ1v) is 6.71. The molecule has 3 unspecified atom stereocenters. The summed E-state index contributed by atoms with van der Waals surface area (Å²) in [4.78, 5) is 0. The summed E-state index contributed by atoms with van der Waals surface area (Å²) in [6.45, 7) is 0. The summed E-state index contributed by atoms with van der Waals surface area (Å²) in [6.07, 6.45) is 3.47. The topological polar surface area (TPSA) is 78.9 Å². The fourth-order valence-corrected chi connectivity index (χ4v) is 3.18. The van der Waals surface area contributed by atoms with Gasteiger partial charge in [-0.2, -0.15) is 0 Å². The van der Waals surface area contributed by atoms with Gasteiger partial charge in [0.05, 0.1) is 18.2 Å². The van der Waals surface area contributed by atoms with Crippen LogP contribution in [0.3, 0.4) is 0 Å². The second-order valence-electron chi connectivity index (χ2n) is 5.36. The van der Waals surface area contributed by atoms with E-state index >= 15 is 0 Å². The monoisotopic (exact) mass is 275 g/mol. The van der Waals surface area contributed by atoms with Crippen molar-refractivity contribution in [3.05, 3.63) is 24.0 Å². The molecule has 7 heteroatoms. The Morgan fingerprint density at radius 3 is 3.00 bits per heavy atom. The van der Waals surface area contributed by atoms with Gasteiger partial charge < -0.3 is 10.5 Å². The first-order chi connectivity index (χ1) is 9.72. The van der Waals surface area contributed by atoms with E-state index in [1.807, 2.05) is 0 Å². The van der Waals surface area contributed by atoms with Crippen LogP contribution in [0.15, 0.2) is 18.2 Å². The molecule has 0 radical (unpaired) electrons. The van der Waals surface area contributed by atoms with Crippen LogP contribution in [0.2, 0.25) is 0 Å². The number of tetrazole rings is 1. The minimum absolute atomic E-state index is 0.112. The molecule has 1 aromatic carbocycles. The van der Waals surface area contributed by atoms with Gasteiger partial charge in [-0.25, -0.2) is 9.07 Å². The molecular formula is C13H14FN5O. The van der Waals surface area contributed by atoms with Crippen LogP contribution < -0.4 is 5.73 Å². The van der Waals surface area contributed by atoms with E-state index in [1.54, 1.807) is 4.68 Å². The Kier molecular flexibility index (Phi) is 2.50. The largest absolute Gasteiger partial charge is 0.398 e. The van der Waals surface area contributed by atoms with Crippen molar-refractivity contribution in [2.75, 3.05) is 5.73 Å². The Labute approximate surface area is 114 Å². The average Bonchev–Trinajstić information content (AvgIpc) is 3.15. The van der Waals surface area contributed by atoms with Gasteiger partial charge in [-0.1, -0.05) is 0 Å². The van der Waals surface area contributed by atoms with E-state index in [0.29, 0.717) is 23.2 Å². The predicted octanol–water partition coefficient (Wildman–Crippen LogP) is 1.55. The molecule has 4 rings (SSSR count). The number of fused-ring (bicyclic) bond motifs is 2. The van der Waals surface area contributed by atoms with Crippen molar-refractivity contribution >= 4 is 5.69 Å². The zero-order chi connectivity index (χ0) is 13.7. The van der Waals surface area contributed by atoms with Gasteiger partial charge in [0.1, 0.15) is 5.82 Å². The van der Waals surface area contributed by atoms with Crippen molar-refractivity contribution < 1.29 is 9.13 Å². The lowest BCUT2D eigenvalue weighted by Gasteiger charge is -2.19. The summed E-state index contributed by atoms with van der Waals surface area (Å²) in [6, 6.07) is 4.33. The van der Waals surface area contributed by atoms with Gasteiger partial charge in [0.2, 0.25) is 0 Å². The molecular weight excluding hydrogens is 261 g/mol. The molecule has 1 aromatic heterocycles. The Hall–Kier alpha value is -2.02. The molecule has 2 aliphatic heterocycles. The standard InChI is InChI=1S/C13H14FN5O/c14-7-1-3-10(15)9(5-7)13-16-17-18-19(13)11-6-8-2-4-12(11)20-8/h1,3,5,8,11-12H,2,4,6,15H2. The molecule has 2 saturated heterocycles. The van der Waals surface area contributed by atoms with Gasteiger partial charge >= 0.3 is 0 Å². The summed E-state index contributed by atoms with van der Waals surface area (Å²) in [7, 11) is 0. The number of nitrogen functional groups attached to an aromatic ring is 1. The highest BCUT2D eigenvalue weighted by Crippen LogP contribution is 2.42. The number of anilines is 1. The molecule has 2 fully saturated rings. The minimum atomic E-state index is -0.354. The van der Waals surface area contributed by atoms with Gasteiger partial charge in [0.15, 0.2) is 5.82 Å². The number of hydrogen-bond acceptors (Lipinski definition) is 5. The number of benzene rings is 1. The SMILES string of the molecule is Nc1ccc(F)cc1-c1nnnn1C1CC2CCC1O2. The molecule has 6 nitrogen and oxygen atoms in total. The quantitative estimate of drug-likeness (QED) is 0.841. The number of nitrogens with zero attached hydrogens (tertiary/aromatic N) is 4. The normalized spacial score (nSPS) is 28.1. The molecule has 0 amide bonds.